The summed E-state index contributed by atoms with van der Waals surface area (Å²) in [7, 11) is 2.10. The Morgan fingerprint density at radius 3 is 2.72 bits per heavy atom. The molecular formula is C22H32N4O3. The predicted molar refractivity (Wildman–Crippen MR) is 110 cm³/mol. The molecule has 0 bridgehead atoms. The highest BCUT2D eigenvalue weighted by Crippen LogP contribution is 2.28. The van der Waals surface area contributed by atoms with Gasteiger partial charge in [0, 0.05) is 51.2 Å². The van der Waals surface area contributed by atoms with Gasteiger partial charge in [-0.1, -0.05) is 30.3 Å². The third-order valence-electron chi connectivity index (χ3n) is 6.79. The summed E-state index contributed by atoms with van der Waals surface area (Å²) in [5.41, 5.74) is 1.22. The smallest absolute Gasteiger partial charge is 0.239 e. The maximum absolute atomic E-state index is 12.9. The SMILES string of the molecule is CN1[C@@H](CCC(=O)N2CC[C@@H](O)C2)CNC(=O)[C@@H]2[C@@H]1CCN2Cc1ccccc1. The van der Waals surface area contributed by atoms with E-state index < -0.39 is 0 Å². The second-order valence-electron chi connectivity index (χ2n) is 8.64. The Kier molecular flexibility index (Phi) is 6.18. The summed E-state index contributed by atoms with van der Waals surface area (Å²) in [6, 6.07) is 10.5. The fraction of sp³-hybridized carbons (Fsp3) is 0.636. The zero-order chi connectivity index (χ0) is 20.4. The van der Waals surface area contributed by atoms with Crippen LogP contribution in [0.4, 0.5) is 0 Å². The highest BCUT2D eigenvalue weighted by molar-refractivity contribution is 5.83. The molecule has 7 nitrogen and oxygen atoms in total. The number of likely N-dealkylation sites (tertiary alicyclic amines) is 2. The molecule has 3 fully saturated rings. The number of nitrogens with one attached hydrogen (secondary N) is 1. The van der Waals surface area contributed by atoms with Gasteiger partial charge in [0.25, 0.3) is 0 Å². The summed E-state index contributed by atoms with van der Waals surface area (Å²) in [5, 5.41) is 12.8. The van der Waals surface area contributed by atoms with Crippen molar-refractivity contribution in [3.63, 3.8) is 0 Å². The van der Waals surface area contributed by atoms with Gasteiger partial charge in [0.2, 0.25) is 11.8 Å². The van der Waals surface area contributed by atoms with E-state index in [0.29, 0.717) is 32.5 Å². The normalized spacial score (nSPS) is 30.8. The lowest BCUT2D eigenvalue weighted by atomic mass is 10.0. The molecule has 0 radical (unpaired) electrons. The summed E-state index contributed by atoms with van der Waals surface area (Å²) in [5.74, 6) is 0.214. The van der Waals surface area contributed by atoms with Crippen LogP contribution in [0.2, 0.25) is 0 Å². The highest BCUT2D eigenvalue weighted by atomic mass is 16.3. The first-order chi connectivity index (χ1) is 14.0. The molecule has 158 valence electrons. The van der Waals surface area contributed by atoms with Gasteiger partial charge in [-0.3, -0.25) is 19.4 Å². The topological polar surface area (TPSA) is 76.1 Å². The Hall–Kier alpha value is -1.96. The molecule has 4 atom stereocenters. The average molecular weight is 401 g/mol. The van der Waals surface area contributed by atoms with Crippen LogP contribution in [0.1, 0.15) is 31.2 Å². The summed E-state index contributed by atoms with van der Waals surface area (Å²) >= 11 is 0. The maximum atomic E-state index is 12.9. The number of likely N-dealkylation sites (N-methyl/N-ethyl adjacent to an activating group) is 1. The molecule has 1 aromatic rings. The summed E-state index contributed by atoms with van der Waals surface area (Å²) in [6.45, 7) is 3.37. The fourth-order valence-electron chi connectivity index (χ4n) is 5.06. The van der Waals surface area contributed by atoms with Crippen molar-refractivity contribution in [2.45, 2.75) is 56.5 Å². The van der Waals surface area contributed by atoms with Gasteiger partial charge in [-0.25, -0.2) is 0 Å². The zero-order valence-corrected chi connectivity index (χ0v) is 17.2. The van der Waals surface area contributed by atoms with E-state index in [9.17, 15) is 14.7 Å². The van der Waals surface area contributed by atoms with Crippen LogP contribution in [0.25, 0.3) is 0 Å². The number of amides is 2. The third kappa shape index (κ3) is 4.47. The first-order valence-electron chi connectivity index (χ1n) is 10.8. The first-order valence-corrected chi connectivity index (χ1v) is 10.8. The van der Waals surface area contributed by atoms with Crippen molar-refractivity contribution in [1.82, 2.24) is 20.0 Å². The molecular weight excluding hydrogens is 368 g/mol. The Morgan fingerprint density at radius 1 is 1.21 bits per heavy atom. The van der Waals surface area contributed by atoms with Crippen LogP contribution in [-0.4, -0.2) is 89.1 Å². The Morgan fingerprint density at radius 2 is 2.00 bits per heavy atom. The summed E-state index contributed by atoms with van der Waals surface area (Å²) in [4.78, 5) is 31.7. The number of carbonyl (C=O) groups is 2. The van der Waals surface area contributed by atoms with Crippen LogP contribution in [0.5, 0.6) is 0 Å². The van der Waals surface area contributed by atoms with E-state index in [0.717, 1.165) is 25.9 Å². The Labute approximate surface area is 172 Å². The van der Waals surface area contributed by atoms with Crippen LogP contribution in [0.3, 0.4) is 0 Å². The number of hydrogen-bond donors (Lipinski definition) is 2. The van der Waals surface area contributed by atoms with Crippen molar-refractivity contribution >= 4 is 11.8 Å². The maximum Gasteiger partial charge on any atom is 0.239 e. The number of aliphatic hydroxyl groups excluding tert-OH is 1. The van der Waals surface area contributed by atoms with Crippen molar-refractivity contribution in [3.8, 4) is 0 Å². The second-order valence-corrected chi connectivity index (χ2v) is 8.64. The number of carbonyl (C=O) groups excluding carboxylic acids is 2. The van der Waals surface area contributed by atoms with Gasteiger partial charge >= 0.3 is 0 Å². The first kappa shape index (κ1) is 20.3. The van der Waals surface area contributed by atoms with Crippen molar-refractivity contribution in [2.75, 3.05) is 33.2 Å². The summed E-state index contributed by atoms with van der Waals surface area (Å²) in [6.07, 6.45) is 2.44. The average Bonchev–Trinajstić information content (AvgIpc) is 3.31. The Bertz CT molecular complexity index is 728. The van der Waals surface area contributed by atoms with E-state index in [-0.39, 0.29) is 36.0 Å². The number of nitrogens with zero attached hydrogens (tertiary/aromatic N) is 3. The fourth-order valence-corrected chi connectivity index (χ4v) is 5.06. The minimum Gasteiger partial charge on any atom is -0.391 e. The molecule has 3 aliphatic rings. The van der Waals surface area contributed by atoms with E-state index in [2.05, 4.69) is 34.3 Å². The lowest BCUT2D eigenvalue weighted by molar-refractivity contribution is -0.131. The van der Waals surface area contributed by atoms with E-state index in [1.165, 1.54) is 5.56 Å². The molecule has 0 unspecified atom stereocenters. The van der Waals surface area contributed by atoms with Gasteiger partial charge in [-0.15, -0.1) is 0 Å². The molecule has 7 heteroatoms. The number of fused-ring (bicyclic) bond motifs is 1. The quantitative estimate of drug-likeness (QED) is 0.750. The second kappa shape index (κ2) is 8.81. The number of aliphatic hydroxyl groups is 1. The van der Waals surface area contributed by atoms with Gasteiger partial charge < -0.3 is 15.3 Å². The molecule has 2 N–H and O–H groups in total. The van der Waals surface area contributed by atoms with Crippen LogP contribution in [-0.2, 0) is 16.1 Å². The monoisotopic (exact) mass is 400 g/mol. The number of rotatable bonds is 5. The van der Waals surface area contributed by atoms with E-state index in [4.69, 9.17) is 0 Å². The van der Waals surface area contributed by atoms with E-state index in [1.807, 2.05) is 18.2 Å². The van der Waals surface area contributed by atoms with Gasteiger partial charge in [0.1, 0.15) is 6.04 Å². The van der Waals surface area contributed by atoms with Crippen LogP contribution < -0.4 is 5.32 Å². The lowest BCUT2D eigenvalue weighted by Crippen LogP contribution is -2.49. The molecule has 3 aliphatic heterocycles. The van der Waals surface area contributed by atoms with E-state index in [1.54, 1.807) is 4.90 Å². The van der Waals surface area contributed by atoms with Crippen LogP contribution in [0, 0.1) is 0 Å². The number of β-amino-alcohol motifs (C(OH)–C–C–N with tert-alkyl or cyclic N) is 1. The van der Waals surface area contributed by atoms with Crippen molar-refractivity contribution < 1.29 is 14.7 Å². The molecule has 0 spiro atoms. The Balaban J connectivity index is 1.37. The molecule has 2 amide bonds. The van der Waals surface area contributed by atoms with Crippen molar-refractivity contribution in [2.24, 2.45) is 0 Å². The minimum absolute atomic E-state index is 0.103. The standard InChI is InChI=1S/C22H32N4O3/c1-24-17(7-8-20(28)25-11-9-18(27)15-25)13-23-22(29)21-19(24)10-12-26(21)14-16-5-3-2-4-6-16/h2-6,17-19,21,27H,7-15H2,1H3,(H,23,29)/t17-,18+,19-,21-/m0/s1. The van der Waals surface area contributed by atoms with Crippen molar-refractivity contribution in [1.29, 1.82) is 0 Å². The zero-order valence-electron chi connectivity index (χ0n) is 17.2. The third-order valence-corrected chi connectivity index (χ3v) is 6.79. The number of hydrogen-bond acceptors (Lipinski definition) is 5. The predicted octanol–water partition coefficient (Wildman–Crippen LogP) is 0.433. The van der Waals surface area contributed by atoms with Gasteiger partial charge in [0.05, 0.1) is 6.10 Å². The molecule has 4 rings (SSSR count). The largest absolute Gasteiger partial charge is 0.391 e. The van der Waals surface area contributed by atoms with E-state index >= 15 is 0 Å². The molecule has 0 aliphatic carbocycles. The molecule has 29 heavy (non-hydrogen) atoms. The summed E-state index contributed by atoms with van der Waals surface area (Å²) < 4.78 is 0. The highest BCUT2D eigenvalue weighted by Gasteiger charge is 2.45. The molecule has 3 heterocycles. The number of benzene rings is 1. The van der Waals surface area contributed by atoms with Crippen molar-refractivity contribution in [3.05, 3.63) is 35.9 Å². The molecule has 0 aromatic heterocycles. The molecule has 1 aromatic carbocycles. The molecule has 0 saturated carbocycles. The van der Waals surface area contributed by atoms with Gasteiger partial charge in [0.15, 0.2) is 0 Å². The van der Waals surface area contributed by atoms with Gasteiger partial charge in [-0.2, -0.15) is 0 Å². The van der Waals surface area contributed by atoms with Crippen LogP contribution >= 0.6 is 0 Å². The van der Waals surface area contributed by atoms with Crippen LogP contribution in [0.15, 0.2) is 30.3 Å². The minimum atomic E-state index is -0.381. The lowest BCUT2D eigenvalue weighted by Gasteiger charge is -2.33. The van der Waals surface area contributed by atoms with Gasteiger partial charge in [-0.05, 0) is 31.9 Å². The molecule has 3 saturated heterocycles.